The number of ether oxygens (including phenoxy) is 3. The van der Waals surface area contributed by atoms with Gasteiger partial charge < -0.3 is 14.2 Å². The molecule has 1 aromatic carbocycles. The van der Waals surface area contributed by atoms with Crippen LogP contribution in [0.1, 0.15) is 31.1 Å². The molecule has 96 valence electrons. The van der Waals surface area contributed by atoms with Crippen molar-refractivity contribution in [1.82, 2.24) is 0 Å². The van der Waals surface area contributed by atoms with Crippen LogP contribution in [-0.4, -0.2) is 25.4 Å². The van der Waals surface area contributed by atoms with E-state index in [4.69, 9.17) is 14.2 Å². The lowest BCUT2D eigenvalue weighted by Crippen LogP contribution is -2.42. The molecular weight excluding hydrogens is 228 g/mol. The van der Waals surface area contributed by atoms with E-state index in [2.05, 4.69) is 12.1 Å². The summed E-state index contributed by atoms with van der Waals surface area (Å²) in [5.41, 5.74) is 1.33. The minimum atomic E-state index is -0.185. The molecule has 1 aliphatic carbocycles. The molecule has 0 bridgehead atoms. The maximum absolute atomic E-state index is 5.95. The van der Waals surface area contributed by atoms with Gasteiger partial charge in [0.05, 0.1) is 25.4 Å². The standard InChI is InChI=1S/C15H18O3/c1-2-4-11(5-3-1)14-16-9-15(10-17-14)7-6-12-13(8-15)18-12/h1-5,12-14H,6-10H2/t12-,13-,14?,15?/m1/s1. The summed E-state index contributed by atoms with van der Waals surface area (Å²) in [7, 11) is 0. The molecular formula is C15H18O3. The summed E-state index contributed by atoms with van der Waals surface area (Å²) in [6.07, 6.45) is 4.30. The topological polar surface area (TPSA) is 31.0 Å². The molecule has 3 aliphatic rings. The molecule has 1 spiro atoms. The Morgan fingerprint density at radius 1 is 1.00 bits per heavy atom. The molecule has 0 unspecified atom stereocenters. The van der Waals surface area contributed by atoms with E-state index in [1.165, 1.54) is 12.8 Å². The van der Waals surface area contributed by atoms with Crippen molar-refractivity contribution in [3.63, 3.8) is 0 Å². The fourth-order valence-electron chi connectivity index (χ4n) is 3.25. The second kappa shape index (κ2) is 4.05. The number of fused-ring (bicyclic) bond motifs is 1. The summed E-state index contributed by atoms with van der Waals surface area (Å²) in [5.74, 6) is 0. The maximum atomic E-state index is 5.95. The fourth-order valence-corrected chi connectivity index (χ4v) is 3.25. The highest BCUT2D eigenvalue weighted by atomic mass is 16.7. The molecule has 4 rings (SSSR count). The van der Waals surface area contributed by atoms with Gasteiger partial charge in [-0.05, 0) is 19.3 Å². The summed E-state index contributed by atoms with van der Waals surface area (Å²) in [4.78, 5) is 0. The van der Waals surface area contributed by atoms with Crippen LogP contribution in [0.2, 0.25) is 0 Å². The van der Waals surface area contributed by atoms with Crippen LogP contribution >= 0.6 is 0 Å². The van der Waals surface area contributed by atoms with Gasteiger partial charge in [0, 0.05) is 11.0 Å². The lowest BCUT2D eigenvalue weighted by molar-refractivity contribution is -0.239. The van der Waals surface area contributed by atoms with Crippen molar-refractivity contribution in [2.45, 2.75) is 37.8 Å². The Hall–Kier alpha value is -0.900. The monoisotopic (exact) mass is 246 g/mol. The molecule has 3 heteroatoms. The maximum Gasteiger partial charge on any atom is 0.183 e. The number of rotatable bonds is 1. The smallest absolute Gasteiger partial charge is 0.183 e. The number of hydrogen-bond acceptors (Lipinski definition) is 3. The van der Waals surface area contributed by atoms with Gasteiger partial charge in [0.15, 0.2) is 6.29 Å². The molecule has 3 nitrogen and oxygen atoms in total. The Bertz CT molecular complexity index is 423. The van der Waals surface area contributed by atoms with Gasteiger partial charge in [0.1, 0.15) is 0 Å². The van der Waals surface area contributed by atoms with Crippen molar-refractivity contribution in [3.05, 3.63) is 35.9 Å². The molecule has 18 heavy (non-hydrogen) atoms. The van der Waals surface area contributed by atoms with E-state index in [1.54, 1.807) is 0 Å². The molecule has 2 aliphatic heterocycles. The number of benzene rings is 1. The van der Waals surface area contributed by atoms with Crippen LogP contribution in [0.3, 0.4) is 0 Å². The van der Waals surface area contributed by atoms with E-state index in [-0.39, 0.29) is 11.7 Å². The average Bonchev–Trinajstić information content (AvgIpc) is 3.19. The lowest BCUT2D eigenvalue weighted by atomic mass is 9.75. The third-order valence-corrected chi connectivity index (χ3v) is 4.43. The Labute approximate surface area is 107 Å². The fraction of sp³-hybridized carbons (Fsp3) is 0.600. The summed E-state index contributed by atoms with van der Waals surface area (Å²) in [5, 5.41) is 0. The van der Waals surface area contributed by atoms with Gasteiger partial charge in [-0.2, -0.15) is 0 Å². The van der Waals surface area contributed by atoms with Crippen LogP contribution < -0.4 is 0 Å². The van der Waals surface area contributed by atoms with Crippen LogP contribution in [0, 0.1) is 5.41 Å². The third-order valence-electron chi connectivity index (χ3n) is 4.43. The SMILES string of the molecule is c1ccc(C2OCC3(CC[C@H]4O[C@@H]4C3)CO2)cc1. The van der Waals surface area contributed by atoms with Gasteiger partial charge in [-0.3, -0.25) is 0 Å². The first-order valence-electron chi connectivity index (χ1n) is 6.78. The Morgan fingerprint density at radius 3 is 2.50 bits per heavy atom. The van der Waals surface area contributed by atoms with E-state index >= 15 is 0 Å². The molecule has 2 heterocycles. The van der Waals surface area contributed by atoms with Gasteiger partial charge in [0.25, 0.3) is 0 Å². The molecule has 2 atom stereocenters. The van der Waals surface area contributed by atoms with Gasteiger partial charge >= 0.3 is 0 Å². The molecule has 0 radical (unpaired) electrons. The molecule has 3 fully saturated rings. The van der Waals surface area contributed by atoms with Crippen molar-refractivity contribution >= 4 is 0 Å². The summed E-state index contributed by atoms with van der Waals surface area (Å²) in [6.45, 7) is 1.61. The molecule has 0 aromatic heterocycles. The highest BCUT2D eigenvalue weighted by molar-refractivity contribution is 5.16. The third kappa shape index (κ3) is 1.87. The second-order valence-electron chi connectivity index (χ2n) is 5.82. The van der Waals surface area contributed by atoms with E-state index in [0.717, 1.165) is 25.2 Å². The predicted octanol–water partition coefficient (Wildman–Crippen LogP) is 2.67. The lowest BCUT2D eigenvalue weighted by Gasteiger charge is -2.41. The van der Waals surface area contributed by atoms with Crippen LogP contribution in [0.4, 0.5) is 0 Å². The molecule has 0 N–H and O–H groups in total. The summed E-state index contributed by atoms with van der Waals surface area (Å²) >= 11 is 0. The Balaban J connectivity index is 1.43. The van der Waals surface area contributed by atoms with Gasteiger partial charge in [0.2, 0.25) is 0 Å². The van der Waals surface area contributed by atoms with Crippen molar-refractivity contribution in [2.24, 2.45) is 5.41 Å². The zero-order chi connectivity index (χ0) is 12.0. The molecule has 0 amide bonds. The van der Waals surface area contributed by atoms with E-state index < -0.39 is 0 Å². The Morgan fingerprint density at radius 2 is 1.78 bits per heavy atom. The normalized spacial score (nSPS) is 42.6. The van der Waals surface area contributed by atoms with Crippen molar-refractivity contribution in [2.75, 3.05) is 13.2 Å². The highest BCUT2D eigenvalue weighted by Gasteiger charge is 2.52. The first kappa shape index (κ1) is 11.0. The van der Waals surface area contributed by atoms with E-state index in [0.29, 0.717) is 12.2 Å². The van der Waals surface area contributed by atoms with Crippen LogP contribution in [0.5, 0.6) is 0 Å². The van der Waals surface area contributed by atoms with Gasteiger partial charge in [-0.1, -0.05) is 30.3 Å². The summed E-state index contributed by atoms with van der Waals surface area (Å²) < 4.78 is 17.5. The zero-order valence-corrected chi connectivity index (χ0v) is 10.4. The number of epoxide rings is 1. The minimum Gasteiger partial charge on any atom is -0.370 e. The van der Waals surface area contributed by atoms with E-state index in [1.807, 2.05) is 18.2 Å². The van der Waals surface area contributed by atoms with Crippen molar-refractivity contribution in [1.29, 1.82) is 0 Å². The Kier molecular flexibility index (Phi) is 2.47. The van der Waals surface area contributed by atoms with Crippen molar-refractivity contribution < 1.29 is 14.2 Å². The van der Waals surface area contributed by atoms with Gasteiger partial charge in [-0.15, -0.1) is 0 Å². The minimum absolute atomic E-state index is 0.185. The first-order chi connectivity index (χ1) is 8.85. The van der Waals surface area contributed by atoms with E-state index in [9.17, 15) is 0 Å². The quantitative estimate of drug-likeness (QED) is 0.714. The predicted molar refractivity (Wildman–Crippen MR) is 66.0 cm³/mol. The molecule has 2 saturated heterocycles. The van der Waals surface area contributed by atoms with Crippen molar-refractivity contribution in [3.8, 4) is 0 Å². The average molecular weight is 246 g/mol. The second-order valence-corrected chi connectivity index (χ2v) is 5.82. The molecule has 1 aromatic rings. The van der Waals surface area contributed by atoms with Crippen LogP contribution in [0.25, 0.3) is 0 Å². The molecule has 1 saturated carbocycles. The first-order valence-corrected chi connectivity index (χ1v) is 6.78. The largest absolute Gasteiger partial charge is 0.370 e. The summed E-state index contributed by atoms with van der Waals surface area (Å²) in [6, 6.07) is 10.2. The van der Waals surface area contributed by atoms with Gasteiger partial charge in [-0.25, -0.2) is 0 Å². The van der Waals surface area contributed by atoms with Crippen LogP contribution in [-0.2, 0) is 14.2 Å². The zero-order valence-electron chi connectivity index (χ0n) is 10.4. The number of hydrogen-bond donors (Lipinski definition) is 0. The van der Waals surface area contributed by atoms with Crippen LogP contribution in [0.15, 0.2) is 30.3 Å². The highest BCUT2D eigenvalue weighted by Crippen LogP contribution is 2.49.